The predicted molar refractivity (Wildman–Crippen MR) is 101 cm³/mol. The second kappa shape index (κ2) is 8.89. The van der Waals surface area contributed by atoms with Gasteiger partial charge in [-0.15, -0.1) is 0 Å². The molecule has 0 saturated carbocycles. The molecular formula is C20H22FN3O2. The number of nitrogens with zero attached hydrogens (tertiary/aromatic N) is 1. The summed E-state index contributed by atoms with van der Waals surface area (Å²) in [4.78, 5) is 23.8. The Balaban J connectivity index is 1.80. The summed E-state index contributed by atoms with van der Waals surface area (Å²) in [6.07, 6.45) is 1.50. The number of carbonyl (C=O) groups is 2. The predicted octanol–water partition coefficient (Wildman–Crippen LogP) is 3.62. The summed E-state index contributed by atoms with van der Waals surface area (Å²) in [5, 5.41) is 6.65. The number of benzene rings is 2. The highest BCUT2D eigenvalue weighted by Gasteiger charge is 2.10. The van der Waals surface area contributed by atoms with Crippen molar-refractivity contribution in [3.05, 3.63) is 64.5 Å². The van der Waals surface area contributed by atoms with Gasteiger partial charge in [0.25, 0.3) is 0 Å². The van der Waals surface area contributed by atoms with Crippen molar-refractivity contribution in [2.75, 3.05) is 5.32 Å². The van der Waals surface area contributed by atoms with Crippen molar-refractivity contribution in [1.82, 2.24) is 5.43 Å². The molecule has 0 radical (unpaired) electrons. The topological polar surface area (TPSA) is 70.6 Å². The van der Waals surface area contributed by atoms with Crippen LogP contribution in [-0.2, 0) is 9.59 Å². The van der Waals surface area contributed by atoms with E-state index in [0.717, 1.165) is 22.4 Å². The molecule has 2 aromatic carbocycles. The Kier molecular flexibility index (Phi) is 6.60. The lowest BCUT2D eigenvalue weighted by Gasteiger charge is -2.12. The van der Waals surface area contributed by atoms with Gasteiger partial charge in [0, 0.05) is 18.5 Å². The molecule has 0 aliphatic rings. The van der Waals surface area contributed by atoms with E-state index in [1.54, 1.807) is 12.1 Å². The summed E-state index contributed by atoms with van der Waals surface area (Å²) in [6.45, 7) is 5.88. The zero-order valence-corrected chi connectivity index (χ0v) is 15.1. The molecular weight excluding hydrogens is 333 g/mol. The largest absolute Gasteiger partial charge is 0.326 e. The molecule has 0 atom stereocenters. The second-order valence-corrected chi connectivity index (χ2v) is 6.17. The third kappa shape index (κ3) is 5.81. The maximum Gasteiger partial charge on any atom is 0.240 e. The molecule has 0 aromatic heterocycles. The molecule has 2 aromatic rings. The van der Waals surface area contributed by atoms with Gasteiger partial charge in [-0.25, -0.2) is 9.82 Å². The quantitative estimate of drug-likeness (QED) is 0.614. The SMILES string of the molecule is Cc1cc(C)c(NC(=O)CCC(=O)NN=Cc2ccc(F)cc2)c(C)c1. The van der Waals surface area contributed by atoms with Crippen LogP contribution in [0, 0.1) is 26.6 Å². The highest BCUT2D eigenvalue weighted by Crippen LogP contribution is 2.22. The minimum Gasteiger partial charge on any atom is -0.326 e. The van der Waals surface area contributed by atoms with Crippen LogP contribution in [0.4, 0.5) is 10.1 Å². The summed E-state index contributed by atoms with van der Waals surface area (Å²) in [7, 11) is 0. The van der Waals surface area contributed by atoms with E-state index in [4.69, 9.17) is 0 Å². The number of carbonyl (C=O) groups excluding carboxylic acids is 2. The minimum absolute atomic E-state index is 0.0244. The third-order valence-corrected chi connectivity index (χ3v) is 3.79. The first kappa shape index (κ1) is 19.3. The Morgan fingerprint density at radius 3 is 2.19 bits per heavy atom. The van der Waals surface area contributed by atoms with E-state index in [9.17, 15) is 14.0 Å². The van der Waals surface area contributed by atoms with Crippen LogP contribution < -0.4 is 10.7 Å². The van der Waals surface area contributed by atoms with Crippen molar-refractivity contribution < 1.29 is 14.0 Å². The van der Waals surface area contributed by atoms with Gasteiger partial charge in [-0.3, -0.25) is 9.59 Å². The Labute approximate surface area is 152 Å². The molecule has 2 rings (SSSR count). The molecule has 0 fully saturated rings. The van der Waals surface area contributed by atoms with Crippen molar-refractivity contribution in [1.29, 1.82) is 0 Å². The van der Waals surface area contributed by atoms with Crippen LogP contribution in [0.3, 0.4) is 0 Å². The van der Waals surface area contributed by atoms with Crippen molar-refractivity contribution in [3.8, 4) is 0 Å². The molecule has 0 aliphatic heterocycles. The molecule has 0 heterocycles. The number of hydrogen-bond acceptors (Lipinski definition) is 3. The normalized spacial score (nSPS) is 10.8. The van der Waals surface area contributed by atoms with Crippen molar-refractivity contribution >= 4 is 23.7 Å². The first-order valence-electron chi connectivity index (χ1n) is 8.30. The van der Waals surface area contributed by atoms with E-state index in [1.807, 2.05) is 32.9 Å². The Hall–Kier alpha value is -3.02. The number of nitrogens with one attached hydrogen (secondary N) is 2. The first-order valence-corrected chi connectivity index (χ1v) is 8.30. The number of aryl methyl sites for hydroxylation is 3. The molecule has 136 valence electrons. The molecule has 0 aliphatic carbocycles. The minimum atomic E-state index is -0.365. The van der Waals surface area contributed by atoms with E-state index in [-0.39, 0.29) is 30.5 Å². The van der Waals surface area contributed by atoms with E-state index >= 15 is 0 Å². The number of rotatable bonds is 6. The maximum atomic E-state index is 12.8. The van der Waals surface area contributed by atoms with Gasteiger partial charge in [-0.2, -0.15) is 5.10 Å². The van der Waals surface area contributed by atoms with Gasteiger partial charge in [0.1, 0.15) is 5.82 Å². The molecule has 5 nitrogen and oxygen atoms in total. The first-order chi connectivity index (χ1) is 12.3. The number of hydrazone groups is 1. The van der Waals surface area contributed by atoms with Gasteiger partial charge < -0.3 is 5.32 Å². The molecule has 2 amide bonds. The highest BCUT2D eigenvalue weighted by molar-refractivity contribution is 5.94. The monoisotopic (exact) mass is 355 g/mol. The molecule has 0 saturated heterocycles. The highest BCUT2D eigenvalue weighted by atomic mass is 19.1. The van der Waals surface area contributed by atoms with E-state index in [1.165, 1.54) is 18.3 Å². The Morgan fingerprint density at radius 1 is 1.00 bits per heavy atom. The Bertz CT molecular complexity index is 806. The van der Waals surface area contributed by atoms with Gasteiger partial charge in [-0.05, 0) is 49.6 Å². The fourth-order valence-corrected chi connectivity index (χ4v) is 2.59. The smallest absolute Gasteiger partial charge is 0.240 e. The second-order valence-electron chi connectivity index (χ2n) is 6.17. The number of anilines is 1. The molecule has 6 heteroatoms. The molecule has 2 N–H and O–H groups in total. The number of amides is 2. The summed E-state index contributed by atoms with van der Waals surface area (Å²) in [5.74, 6) is -0.926. The lowest BCUT2D eigenvalue weighted by atomic mass is 10.0. The molecule has 0 unspecified atom stereocenters. The molecule has 0 spiro atoms. The fourth-order valence-electron chi connectivity index (χ4n) is 2.59. The molecule has 0 bridgehead atoms. The number of hydrogen-bond donors (Lipinski definition) is 2. The van der Waals surface area contributed by atoms with Crippen molar-refractivity contribution in [2.24, 2.45) is 5.10 Å². The maximum absolute atomic E-state index is 12.8. The van der Waals surface area contributed by atoms with Gasteiger partial charge in [0.05, 0.1) is 6.21 Å². The van der Waals surface area contributed by atoms with Crippen molar-refractivity contribution in [2.45, 2.75) is 33.6 Å². The van der Waals surface area contributed by atoms with Crippen LogP contribution in [0.5, 0.6) is 0 Å². The van der Waals surface area contributed by atoms with Crippen LogP contribution >= 0.6 is 0 Å². The zero-order chi connectivity index (χ0) is 19.1. The lowest BCUT2D eigenvalue weighted by molar-refractivity contribution is -0.124. The van der Waals surface area contributed by atoms with Crippen LogP contribution in [0.15, 0.2) is 41.5 Å². The third-order valence-electron chi connectivity index (χ3n) is 3.79. The van der Waals surface area contributed by atoms with E-state index in [0.29, 0.717) is 5.56 Å². The van der Waals surface area contributed by atoms with Gasteiger partial charge in [-0.1, -0.05) is 29.8 Å². The van der Waals surface area contributed by atoms with E-state index < -0.39 is 0 Å². The van der Waals surface area contributed by atoms with Gasteiger partial charge in [0.15, 0.2) is 0 Å². The number of halogens is 1. The van der Waals surface area contributed by atoms with E-state index in [2.05, 4.69) is 15.8 Å². The summed E-state index contributed by atoms with van der Waals surface area (Å²) in [5.41, 5.74) is 6.92. The van der Waals surface area contributed by atoms with Gasteiger partial charge in [0.2, 0.25) is 11.8 Å². The standard InChI is InChI=1S/C20H22FN3O2/c1-13-10-14(2)20(15(3)11-13)23-18(25)8-9-19(26)24-22-12-16-4-6-17(21)7-5-16/h4-7,10-12H,8-9H2,1-3H3,(H,23,25)(H,24,26). The summed E-state index contributed by atoms with van der Waals surface area (Å²) < 4.78 is 12.8. The fraction of sp³-hybridized carbons (Fsp3) is 0.250. The zero-order valence-electron chi connectivity index (χ0n) is 15.1. The van der Waals surface area contributed by atoms with Crippen LogP contribution in [0.2, 0.25) is 0 Å². The molecule has 26 heavy (non-hydrogen) atoms. The lowest BCUT2D eigenvalue weighted by Crippen LogP contribution is -2.21. The van der Waals surface area contributed by atoms with Crippen LogP contribution in [0.25, 0.3) is 0 Å². The average Bonchev–Trinajstić information content (AvgIpc) is 2.58. The Morgan fingerprint density at radius 2 is 1.58 bits per heavy atom. The van der Waals surface area contributed by atoms with Crippen LogP contribution in [-0.4, -0.2) is 18.0 Å². The van der Waals surface area contributed by atoms with Gasteiger partial charge >= 0.3 is 0 Å². The summed E-state index contributed by atoms with van der Waals surface area (Å²) >= 11 is 0. The summed E-state index contributed by atoms with van der Waals surface area (Å²) in [6, 6.07) is 9.71. The average molecular weight is 355 g/mol. The van der Waals surface area contributed by atoms with Crippen LogP contribution in [0.1, 0.15) is 35.1 Å². The van der Waals surface area contributed by atoms with Crippen molar-refractivity contribution in [3.63, 3.8) is 0 Å².